The smallest absolute Gasteiger partial charge is 0.247 e. The van der Waals surface area contributed by atoms with Gasteiger partial charge in [0.1, 0.15) is 5.54 Å². The molecule has 2 aromatic rings. The van der Waals surface area contributed by atoms with Crippen molar-refractivity contribution >= 4 is 35.6 Å². The first kappa shape index (κ1) is 19.6. The molecule has 1 heterocycles. The Hall–Kier alpha value is -1.75. The summed E-state index contributed by atoms with van der Waals surface area (Å²) >= 11 is 6.06. The van der Waals surface area contributed by atoms with Gasteiger partial charge in [-0.25, -0.2) is 0 Å². The van der Waals surface area contributed by atoms with E-state index in [9.17, 15) is 4.79 Å². The normalized spacial score (nSPS) is 16.8. The lowest BCUT2D eigenvalue weighted by atomic mass is 9.91. The summed E-state index contributed by atoms with van der Waals surface area (Å²) in [6.45, 7) is 4.65. The van der Waals surface area contributed by atoms with Crippen LogP contribution in [0.2, 0.25) is 5.02 Å². The zero-order valence-corrected chi connectivity index (χ0v) is 15.8. The molecular formula is C19H23Cl2N3O. The van der Waals surface area contributed by atoms with E-state index in [0.717, 1.165) is 29.4 Å². The van der Waals surface area contributed by atoms with Crippen LogP contribution >= 0.6 is 24.0 Å². The molecule has 1 aliphatic rings. The number of carbonyl (C=O) groups excluding carboxylic acids is 1. The summed E-state index contributed by atoms with van der Waals surface area (Å²) in [7, 11) is 0. The first-order valence-corrected chi connectivity index (χ1v) is 8.50. The van der Waals surface area contributed by atoms with Crippen LogP contribution in [-0.2, 0) is 10.3 Å². The van der Waals surface area contributed by atoms with Crippen molar-refractivity contribution in [2.24, 2.45) is 5.73 Å². The van der Waals surface area contributed by atoms with Gasteiger partial charge in [-0.15, -0.1) is 12.4 Å². The molecule has 1 saturated heterocycles. The number of hydrogen-bond donors (Lipinski definition) is 1. The quantitative estimate of drug-likeness (QED) is 0.889. The highest BCUT2D eigenvalue weighted by Gasteiger charge is 2.35. The molecule has 2 N–H and O–H groups in total. The van der Waals surface area contributed by atoms with Gasteiger partial charge in [0.15, 0.2) is 0 Å². The molecule has 1 fully saturated rings. The standard InChI is InChI=1S/C19H22ClN3O.ClH/c1-19(21,15-6-3-2-4-7-15)18(24)23-12-10-22(11-13-23)17-9-5-8-16(20)14-17;/h2-9,14H,10-13,21H2,1H3;1H. The van der Waals surface area contributed by atoms with Crippen molar-refractivity contribution in [2.75, 3.05) is 31.1 Å². The van der Waals surface area contributed by atoms with Crippen LogP contribution in [0, 0.1) is 0 Å². The Morgan fingerprint density at radius 3 is 2.28 bits per heavy atom. The van der Waals surface area contributed by atoms with Crippen molar-refractivity contribution in [2.45, 2.75) is 12.5 Å². The molecule has 0 aliphatic carbocycles. The fraction of sp³-hybridized carbons (Fsp3) is 0.316. The molecular weight excluding hydrogens is 357 g/mol. The molecule has 0 spiro atoms. The van der Waals surface area contributed by atoms with Crippen LogP contribution in [0.25, 0.3) is 0 Å². The number of rotatable bonds is 3. The van der Waals surface area contributed by atoms with Crippen LogP contribution in [0.15, 0.2) is 54.6 Å². The summed E-state index contributed by atoms with van der Waals surface area (Å²) in [6.07, 6.45) is 0. The molecule has 0 bridgehead atoms. The Labute approximate surface area is 160 Å². The van der Waals surface area contributed by atoms with Gasteiger partial charge in [0.25, 0.3) is 0 Å². The molecule has 1 amide bonds. The van der Waals surface area contributed by atoms with E-state index in [1.165, 1.54) is 0 Å². The van der Waals surface area contributed by atoms with Gasteiger partial charge in [-0.1, -0.05) is 48.0 Å². The lowest BCUT2D eigenvalue weighted by Crippen LogP contribution is -2.56. The average molecular weight is 380 g/mol. The Balaban J connectivity index is 0.00000225. The minimum atomic E-state index is -1.00. The number of piperazine rings is 1. The largest absolute Gasteiger partial charge is 0.368 e. The Morgan fingerprint density at radius 2 is 1.68 bits per heavy atom. The average Bonchev–Trinajstić information content (AvgIpc) is 2.62. The van der Waals surface area contributed by atoms with E-state index < -0.39 is 5.54 Å². The van der Waals surface area contributed by atoms with Gasteiger partial charge < -0.3 is 15.5 Å². The molecule has 25 heavy (non-hydrogen) atoms. The maximum atomic E-state index is 12.9. The Bertz CT molecular complexity index is 714. The van der Waals surface area contributed by atoms with Gasteiger partial charge >= 0.3 is 0 Å². The number of benzene rings is 2. The fourth-order valence-corrected chi connectivity index (χ4v) is 3.26. The van der Waals surface area contributed by atoms with Gasteiger partial charge in [-0.2, -0.15) is 0 Å². The highest BCUT2D eigenvalue weighted by atomic mass is 35.5. The molecule has 4 nitrogen and oxygen atoms in total. The van der Waals surface area contributed by atoms with Crippen LogP contribution in [0.5, 0.6) is 0 Å². The zero-order valence-electron chi connectivity index (χ0n) is 14.2. The summed E-state index contributed by atoms with van der Waals surface area (Å²) in [5.74, 6) is -0.0283. The van der Waals surface area contributed by atoms with Crippen molar-refractivity contribution in [3.63, 3.8) is 0 Å². The first-order valence-electron chi connectivity index (χ1n) is 8.13. The molecule has 0 aromatic heterocycles. The monoisotopic (exact) mass is 379 g/mol. The molecule has 3 rings (SSSR count). The minimum Gasteiger partial charge on any atom is -0.368 e. The summed E-state index contributed by atoms with van der Waals surface area (Å²) in [4.78, 5) is 17.0. The zero-order chi connectivity index (χ0) is 17.2. The van der Waals surface area contributed by atoms with Crippen molar-refractivity contribution in [3.05, 3.63) is 65.2 Å². The molecule has 134 valence electrons. The van der Waals surface area contributed by atoms with Gasteiger partial charge in [0.05, 0.1) is 0 Å². The van der Waals surface area contributed by atoms with E-state index in [4.69, 9.17) is 17.3 Å². The number of anilines is 1. The SMILES string of the molecule is CC(N)(C(=O)N1CCN(c2cccc(Cl)c2)CC1)c1ccccc1.Cl. The third-order valence-electron chi connectivity index (χ3n) is 4.56. The Kier molecular flexibility index (Phi) is 6.33. The summed E-state index contributed by atoms with van der Waals surface area (Å²) < 4.78 is 0. The van der Waals surface area contributed by atoms with Crippen molar-refractivity contribution in [1.29, 1.82) is 0 Å². The van der Waals surface area contributed by atoms with Gasteiger partial charge in [0.2, 0.25) is 5.91 Å². The maximum Gasteiger partial charge on any atom is 0.247 e. The minimum absolute atomic E-state index is 0. The van der Waals surface area contributed by atoms with Crippen molar-refractivity contribution in [3.8, 4) is 0 Å². The highest BCUT2D eigenvalue weighted by Crippen LogP contribution is 2.24. The van der Waals surface area contributed by atoms with Crippen molar-refractivity contribution in [1.82, 2.24) is 4.90 Å². The second-order valence-corrected chi connectivity index (χ2v) is 6.76. The predicted octanol–water partition coefficient (Wildman–Crippen LogP) is 3.28. The molecule has 1 atom stereocenters. The number of hydrogen-bond acceptors (Lipinski definition) is 3. The second-order valence-electron chi connectivity index (χ2n) is 6.33. The number of nitrogens with two attached hydrogens (primary N) is 1. The van der Waals surface area contributed by atoms with Crippen LogP contribution in [0.1, 0.15) is 12.5 Å². The third-order valence-corrected chi connectivity index (χ3v) is 4.79. The van der Waals surface area contributed by atoms with E-state index >= 15 is 0 Å². The van der Waals surface area contributed by atoms with E-state index in [-0.39, 0.29) is 18.3 Å². The molecule has 0 saturated carbocycles. The second kappa shape index (κ2) is 8.09. The van der Waals surface area contributed by atoms with Crippen LogP contribution in [0.4, 0.5) is 5.69 Å². The summed E-state index contributed by atoms with van der Waals surface area (Å²) in [6, 6.07) is 17.4. The maximum absolute atomic E-state index is 12.9. The van der Waals surface area contributed by atoms with E-state index in [1.807, 2.05) is 59.5 Å². The number of nitrogens with zero attached hydrogens (tertiary/aromatic N) is 2. The number of carbonyl (C=O) groups is 1. The van der Waals surface area contributed by atoms with Gasteiger partial charge in [-0.05, 0) is 30.7 Å². The summed E-state index contributed by atoms with van der Waals surface area (Å²) in [5.41, 5.74) is 7.29. The van der Waals surface area contributed by atoms with Crippen LogP contribution in [-0.4, -0.2) is 37.0 Å². The molecule has 2 aromatic carbocycles. The highest BCUT2D eigenvalue weighted by molar-refractivity contribution is 6.30. The van der Waals surface area contributed by atoms with Crippen molar-refractivity contribution < 1.29 is 4.79 Å². The number of halogens is 2. The lowest BCUT2D eigenvalue weighted by Gasteiger charge is -2.39. The topological polar surface area (TPSA) is 49.6 Å². The van der Waals surface area contributed by atoms with Gasteiger partial charge in [-0.3, -0.25) is 4.79 Å². The third kappa shape index (κ3) is 4.27. The first-order chi connectivity index (χ1) is 11.5. The predicted molar refractivity (Wildman–Crippen MR) is 105 cm³/mol. The van der Waals surface area contributed by atoms with Crippen LogP contribution < -0.4 is 10.6 Å². The van der Waals surface area contributed by atoms with Crippen LogP contribution in [0.3, 0.4) is 0 Å². The number of amides is 1. The van der Waals surface area contributed by atoms with E-state index in [2.05, 4.69) is 4.90 Å². The van der Waals surface area contributed by atoms with E-state index in [1.54, 1.807) is 6.92 Å². The lowest BCUT2D eigenvalue weighted by molar-refractivity contribution is -0.137. The molecule has 1 unspecified atom stereocenters. The molecule has 1 aliphatic heterocycles. The van der Waals surface area contributed by atoms with E-state index in [0.29, 0.717) is 13.1 Å². The molecule has 6 heteroatoms. The fourth-order valence-electron chi connectivity index (χ4n) is 3.08. The Morgan fingerprint density at radius 1 is 1.04 bits per heavy atom. The molecule has 0 radical (unpaired) electrons. The van der Waals surface area contributed by atoms with Gasteiger partial charge in [0, 0.05) is 36.9 Å². The summed E-state index contributed by atoms with van der Waals surface area (Å²) in [5, 5.41) is 0.726.